The Morgan fingerprint density at radius 1 is 1.05 bits per heavy atom. The molecule has 0 aliphatic rings. The van der Waals surface area contributed by atoms with Crippen molar-refractivity contribution in [2.45, 2.75) is 0 Å². The Bertz CT molecular complexity index is 620. The summed E-state index contributed by atoms with van der Waals surface area (Å²) in [4.78, 5) is 0. The fourth-order valence-electron chi connectivity index (χ4n) is 1.47. The number of methoxy groups -OCH3 is 1. The Balaban J connectivity index is 2.37. The highest BCUT2D eigenvalue weighted by Gasteiger charge is 2.12. The van der Waals surface area contributed by atoms with Crippen molar-refractivity contribution in [2.24, 2.45) is 0 Å². The van der Waals surface area contributed by atoms with Crippen molar-refractivity contribution in [1.29, 1.82) is 0 Å². The number of hydrogen-bond acceptors (Lipinski definition) is 3. The molecule has 0 bridgehead atoms. The quantitative estimate of drug-likeness (QED) is 0.862. The maximum absolute atomic E-state index is 13.4. The second-order valence-electron chi connectivity index (χ2n) is 3.70. The number of benzene rings is 2. The molecule has 0 spiro atoms. The highest BCUT2D eigenvalue weighted by atomic mass is 79.9. The number of nitrogens with two attached hydrogens (primary N) is 1. The van der Waals surface area contributed by atoms with Gasteiger partial charge in [0.25, 0.3) is 0 Å². The Morgan fingerprint density at radius 2 is 1.79 bits per heavy atom. The van der Waals surface area contributed by atoms with Gasteiger partial charge in [-0.1, -0.05) is 0 Å². The summed E-state index contributed by atoms with van der Waals surface area (Å²) >= 11 is 3.17. The molecule has 0 atom stereocenters. The Morgan fingerprint density at radius 3 is 2.42 bits per heavy atom. The lowest BCUT2D eigenvalue weighted by Crippen LogP contribution is -1.96. The fourth-order valence-corrected chi connectivity index (χ4v) is 1.90. The molecule has 2 aromatic rings. The normalized spacial score (nSPS) is 10.3. The second-order valence-corrected chi connectivity index (χ2v) is 4.56. The van der Waals surface area contributed by atoms with E-state index >= 15 is 0 Å². The van der Waals surface area contributed by atoms with Gasteiger partial charge in [-0.2, -0.15) is 0 Å². The molecule has 100 valence electrons. The Labute approximate surface area is 117 Å². The first-order valence-corrected chi connectivity index (χ1v) is 6.06. The van der Waals surface area contributed by atoms with Crippen molar-refractivity contribution in [2.75, 3.05) is 12.8 Å². The molecule has 3 nitrogen and oxygen atoms in total. The van der Waals surface area contributed by atoms with Gasteiger partial charge < -0.3 is 15.2 Å². The van der Waals surface area contributed by atoms with Gasteiger partial charge in [0.05, 0.1) is 17.3 Å². The van der Waals surface area contributed by atoms with E-state index in [1.54, 1.807) is 0 Å². The van der Waals surface area contributed by atoms with Crippen molar-refractivity contribution in [3.8, 4) is 17.2 Å². The maximum Gasteiger partial charge on any atom is 0.167 e. The molecule has 2 N–H and O–H groups in total. The highest BCUT2D eigenvalue weighted by Crippen LogP contribution is 2.36. The van der Waals surface area contributed by atoms with Crippen LogP contribution in [-0.2, 0) is 0 Å². The van der Waals surface area contributed by atoms with Gasteiger partial charge in [-0.15, -0.1) is 0 Å². The number of rotatable bonds is 3. The van der Waals surface area contributed by atoms with Crippen molar-refractivity contribution < 1.29 is 18.3 Å². The largest absolute Gasteiger partial charge is 0.494 e. The van der Waals surface area contributed by atoms with Crippen molar-refractivity contribution in [3.05, 3.63) is 46.4 Å². The Kier molecular flexibility index (Phi) is 3.90. The van der Waals surface area contributed by atoms with Crippen LogP contribution in [0.5, 0.6) is 17.2 Å². The zero-order chi connectivity index (χ0) is 14.0. The first-order valence-electron chi connectivity index (χ1n) is 5.27. The van der Waals surface area contributed by atoms with Crippen LogP contribution < -0.4 is 15.2 Å². The Hall–Kier alpha value is -1.82. The summed E-state index contributed by atoms with van der Waals surface area (Å²) in [5, 5.41) is 0. The lowest BCUT2D eigenvalue weighted by atomic mass is 10.2. The van der Waals surface area contributed by atoms with Crippen LogP contribution in [0.1, 0.15) is 0 Å². The number of anilines is 1. The van der Waals surface area contributed by atoms with E-state index in [1.165, 1.54) is 31.4 Å². The van der Waals surface area contributed by atoms with Crippen LogP contribution in [0.15, 0.2) is 34.8 Å². The molecule has 0 saturated heterocycles. The predicted octanol–water partition coefficient (Wildman–Crippen LogP) is 4.11. The molecule has 0 aliphatic heterocycles. The minimum Gasteiger partial charge on any atom is -0.494 e. The van der Waals surface area contributed by atoms with Crippen LogP contribution in [-0.4, -0.2) is 7.11 Å². The summed E-state index contributed by atoms with van der Waals surface area (Å²) in [7, 11) is 1.34. The first-order chi connectivity index (χ1) is 9.01. The molecule has 0 amide bonds. The van der Waals surface area contributed by atoms with Gasteiger partial charge in [0.15, 0.2) is 17.3 Å². The third kappa shape index (κ3) is 2.96. The standard InChI is InChI=1S/C13H10BrF2NO2/c1-18-12-6-13(10(17)5-9(12)16)19-11-3-2-7(15)4-8(11)14/h2-6H,17H2,1H3. The zero-order valence-corrected chi connectivity index (χ0v) is 11.5. The molecule has 6 heteroatoms. The smallest absolute Gasteiger partial charge is 0.167 e. The fraction of sp³-hybridized carbons (Fsp3) is 0.0769. The van der Waals surface area contributed by atoms with Crippen molar-refractivity contribution >= 4 is 21.6 Å². The molecular formula is C13H10BrF2NO2. The molecule has 0 heterocycles. The molecule has 0 radical (unpaired) electrons. The van der Waals surface area contributed by atoms with Gasteiger partial charge in [0, 0.05) is 12.1 Å². The average molecular weight is 330 g/mol. The van der Waals surface area contributed by atoms with E-state index in [2.05, 4.69) is 15.9 Å². The second kappa shape index (κ2) is 5.44. The van der Waals surface area contributed by atoms with Gasteiger partial charge in [0.1, 0.15) is 11.6 Å². The summed E-state index contributed by atoms with van der Waals surface area (Å²) in [5.74, 6) is -0.371. The summed E-state index contributed by atoms with van der Waals surface area (Å²) in [6.07, 6.45) is 0. The summed E-state index contributed by atoms with van der Waals surface area (Å²) < 4.78 is 37.1. The maximum atomic E-state index is 13.4. The third-order valence-electron chi connectivity index (χ3n) is 2.40. The molecule has 0 unspecified atom stereocenters. The molecular weight excluding hydrogens is 320 g/mol. The van der Waals surface area contributed by atoms with E-state index in [-0.39, 0.29) is 17.2 Å². The third-order valence-corrected chi connectivity index (χ3v) is 3.02. The number of hydrogen-bond donors (Lipinski definition) is 1. The predicted molar refractivity (Wildman–Crippen MR) is 71.5 cm³/mol. The molecule has 0 aromatic heterocycles. The van der Waals surface area contributed by atoms with Crippen LogP contribution in [0.2, 0.25) is 0 Å². The van der Waals surface area contributed by atoms with Gasteiger partial charge in [-0.3, -0.25) is 0 Å². The number of nitrogen functional groups attached to an aromatic ring is 1. The van der Waals surface area contributed by atoms with Crippen molar-refractivity contribution in [1.82, 2.24) is 0 Å². The number of halogens is 3. The van der Waals surface area contributed by atoms with Gasteiger partial charge in [0.2, 0.25) is 0 Å². The van der Waals surface area contributed by atoms with Crippen LogP contribution >= 0.6 is 15.9 Å². The zero-order valence-electron chi connectivity index (χ0n) is 9.91. The number of ether oxygens (including phenoxy) is 2. The van der Waals surface area contributed by atoms with E-state index < -0.39 is 11.6 Å². The van der Waals surface area contributed by atoms with Crippen LogP contribution in [0.4, 0.5) is 14.5 Å². The van der Waals surface area contributed by atoms with E-state index in [1.807, 2.05) is 0 Å². The molecule has 0 saturated carbocycles. The minimum atomic E-state index is -0.578. The van der Waals surface area contributed by atoms with Gasteiger partial charge in [-0.05, 0) is 34.1 Å². The summed E-state index contributed by atoms with van der Waals surface area (Å²) in [6.45, 7) is 0. The molecule has 0 fully saturated rings. The highest BCUT2D eigenvalue weighted by molar-refractivity contribution is 9.10. The lowest BCUT2D eigenvalue weighted by Gasteiger charge is -2.12. The monoisotopic (exact) mass is 329 g/mol. The molecule has 2 rings (SSSR count). The first kappa shape index (κ1) is 13.6. The van der Waals surface area contributed by atoms with Crippen LogP contribution in [0.25, 0.3) is 0 Å². The minimum absolute atomic E-state index is 0.0161. The lowest BCUT2D eigenvalue weighted by molar-refractivity contribution is 0.382. The van der Waals surface area contributed by atoms with Crippen LogP contribution in [0.3, 0.4) is 0 Å². The average Bonchev–Trinajstić information content (AvgIpc) is 2.35. The summed E-state index contributed by atoms with van der Waals surface area (Å²) in [6, 6.07) is 6.38. The van der Waals surface area contributed by atoms with E-state index in [0.717, 1.165) is 6.07 Å². The van der Waals surface area contributed by atoms with Gasteiger partial charge in [-0.25, -0.2) is 8.78 Å². The van der Waals surface area contributed by atoms with E-state index in [0.29, 0.717) is 10.2 Å². The topological polar surface area (TPSA) is 44.5 Å². The molecule has 2 aromatic carbocycles. The van der Waals surface area contributed by atoms with Gasteiger partial charge >= 0.3 is 0 Å². The molecule has 0 aliphatic carbocycles. The van der Waals surface area contributed by atoms with Crippen molar-refractivity contribution in [3.63, 3.8) is 0 Å². The van der Waals surface area contributed by atoms with E-state index in [4.69, 9.17) is 15.2 Å². The van der Waals surface area contributed by atoms with E-state index in [9.17, 15) is 8.78 Å². The van der Waals surface area contributed by atoms with Crippen LogP contribution in [0, 0.1) is 11.6 Å². The SMILES string of the molecule is COc1cc(Oc2ccc(F)cc2Br)c(N)cc1F. The summed E-state index contributed by atoms with van der Waals surface area (Å²) in [5.41, 5.74) is 5.78. The molecule has 19 heavy (non-hydrogen) atoms.